The lowest BCUT2D eigenvalue weighted by Gasteiger charge is -2.32. The average molecular weight is 428 g/mol. The van der Waals surface area contributed by atoms with E-state index in [-0.39, 0.29) is 11.9 Å². The molecule has 1 atom stereocenters. The number of rotatable bonds is 4. The summed E-state index contributed by atoms with van der Waals surface area (Å²) in [4.78, 5) is 23.9. The number of H-pyrrole nitrogens is 1. The summed E-state index contributed by atoms with van der Waals surface area (Å²) < 4.78 is 0. The van der Waals surface area contributed by atoms with Crippen LogP contribution in [0, 0.1) is 6.92 Å². The minimum atomic E-state index is -0.212. The molecule has 5 rings (SSSR count). The minimum Gasteiger partial charge on any atom is -0.370 e. The van der Waals surface area contributed by atoms with Crippen molar-refractivity contribution in [1.29, 1.82) is 0 Å². The largest absolute Gasteiger partial charge is 0.370 e. The number of aryl methyl sites for hydroxylation is 1. The van der Waals surface area contributed by atoms with Gasteiger partial charge in [0.2, 0.25) is 0 Å². The number of benzene rings is 1. The molecule has 4 aromatic rings. The number of hydrogen-bond acceptors (Lipinski definition) is 6. The van der Waals surface area contributed by atoms with Gasteiger partial charge in [-0.15, -0.1) is 0 Å². The van der Waals surface area contributed by atoms with Gasteiger partial charge in [-0.1, -0.05) is 0 Å². The lowest BCUT2D eigenvalue weighted by Crippen LogP contribution is -2.42. The summed E-state index contributed by atoms with van der Waals surface area (Å²) in [5.41, 5.74) is 11.3. The van der Waals surface area contributed by atoms with Crippen LogP contribution < -0.4 is 16.0 Å². The first kappa shape index (κ1) is 20.1. The average Bonchev–Trinajstić information content (AvgIpc) is 3.21. The number of aromatic amines is 1. The molecule has 1 aliphatic heterocycles. The first-order chi connectivity index (χ1) is 15.6. The van der Waals surface area contributed by atoms with E-state index >= 15 is 0 Å². The van der Waals surface area contributed by atoms with E-state index in [2.05, 4.69) is 30.4 Å². The second-order valence-corrected chi connectivity index (χ2v) is 8.23. The van der Waals surface area contributed by atoms with Gasteiger partial charge in [0, 0.05) is 53.7 Å². The Morgan fingerprint density at radius 2 is 2.06 bits per heavy atom. The number of nitrogens with two attached hydrogens (primary N) is 1. The van der Waals surface area contributed by atoms with Gasteiger partial charge in [-0.2, -0.15) is 5.10 Å². The van der Waals surface area contributed by atoms with E-state index in [1.807, 2.05) is 43.3 Å². The fourth-order valence-corrected chi connectivity index (χ4v) is 4.14. The van der Waals surface area contributed by atoms with Crippen LogP contribution in [0.4, 0.5) is 11.5 Å². The molecule has 162 valence electrons. The number of hydrogen-bond donors (Lipinski definition) is 3. The number of nitrogens with zero attached hydrogens (tertiary/aromatic N) is 4. The van der Waals surface area contributed by atoms with Crippen LogP contribution in [0.5, 0.6) is 0 Å². The van der Waals surface area contributed by atoms with Crippen LogP contribution in [-0.4, -0.2) is 45.2 Å². The number of nitrogens with one attached hydrogen (secondary N) is 2. The van der Waals surface area contributed by atoms with E-state index in [0.29, 0.717) is 11.4 Å². The summed E-state index contributed by atoms with van der Waals surface area (Å²) in [7, 11) is 0. The smallest absolute Gasteiger partial charge is 0.256 e. The van der Waals surface area contributed by atoms with Gasteiger partial charge in [-0.3, -0.25) is 19.9 Å². The predicted octanol–water partition coefficient (Wildman–Crippen LogP) is 3.51. The molecule has 4 heterocycles. The minimum absolute atomic E-state index is 0.203. The van der Waals surface area contributed by atoms with Gasteiger partial charge in [0.15, 0.2) is 5.82 Å². The van der Waals surface area contributed by atoms with E-state index in [0.717, 1.165) is 59.3 Å². The summed E-state index contributed by atoms with van der Waals surface area (Å²) >= 11 is 0. The molecule has 1 saturated heterocycles. The molecule has 1 aromatic carbocycles. The number of fused-ring (bicyclic) bond motifs is 1. The number of carbonyl (C=O) groups excluding carboxylic acids is 1. The highest BCUT2D eigenvalue weighted by Gasteiger charge is 2.18. The van der Waals surface area contributed by atoms with E-state index in [9.17, 15) is 4.79 Å². The standard InChI is InChI=1S/C24H25N7O/c1-15-8-9-26-12-20(15)21-11-19-22(13-27-21)29-30-23(19)28-24(32)16-4-6-18(7-5-16)31-10-2-3-17(25)14-31/h4-9,11-13,17H,2-3,10,14,25H2,1H3,(H2,28,29,30,32). The number of aromatic nitrogens is 4. The SMILES string of the molecule is Cc1ccncc1-c1cc2c(NC(=O)c3ccc(N4CCCC(N)C4)cc3)n[nH]c2cn1. The maximum absolute atomic E-state index is 12.9. The molecule has 0 bridgehead atoms. The Morgan fingerprint density at radius 1 is 1.22 bits per heavy atom. The van der Waals surface area contributed by atoms with Gasteiger partial charge >= 0.3 is 0 Å². The Labute approximate surface area is 185 Å². The first-order valence-electron chi connectivity index (χ1n) is 10.8. The Kier molecular flexibility index (Phi) is 5.28. The second kappa shape index (κ2) is 8.39. The van der Waals surface area contributed by atoms with Crippen LogP contribution >= 0.6 is 0 Å². The van der Waals surface area contributed by atoms with Crippen LogP contribution in [0.1, 0.15) is 28.8 Å². The number of piperidine rings is 1. The molecule has 0 aliphatic carbocycles. The molecule has 1 unspecified atom stereocenters. The molecular formula is C24H25N7O. The fraction of sp³-hybridized carbons (Fsp3) is 0.250. The summed E-state index contributed by atoms with van der Waals surface area (Å²) in [6.07, 6.45) is 7.42. The quantitative estimate of drug-likeness (QED) is 0.459. The van der Waals surface area contributed by atoms with Crippen molar-refractivity contribution in [3.8, 4) is 11.3 Å². The third-order valence-electron chi connectivity index (χ3n) is 5.95. The van der Waals surface area contributed by atoms with Crippen molar-refractivity contribution in [2.75, 3.05) is 23.3 Å². The Balaban J connectivity index is 1.36. The van der Waals surface area contributed by atoms with Crippen LogP contribution in [0.15, 0.2) is 55.0 Å². The third-order valence-corrected chi connectivity index (χ3v) is 5.95. The number of carbonyl (C=O) groups is 1. The van der Waals surface area contributed by atoms with Crippen molar-refractivity contribution >= 4 is 28.3 Å². The highest BCUT2D eigenvalue weighted by molar-refractivity contribution is 6.08. The van der Waals surface area contributed by atoms with Gasteiger partial charge in [0.1, 0.15) is 0 Å². The zero-order chi connectivity index (χ0) is 22.1. The van der Waals surface area contributed by atoms with Crippen molar-refractivity contribution in [2.24, 2.45) is 5.73 Å². The maximum atomic E-state index is 12.9. The van der Waals surface area contributed by atoms with Crippen molar-refractivity contribution in [2.45, 2.75) is 25.8 Å². The summed E-state index contributed by atoms with van der Waals surface area (Å²) in [6, 6.07) is 11.7. The molecule has 1 fully saturated rings. The highest BCUT2D eigenvalue weighted by Crippen LogP contribution is 2.27. The molecular weight excluding hydrogens is 402 g/mol. The molecule has 1 aliphatic rings. The highest BCUT2D eigenvalue weighted by atomic mass is 16.1. The number of amides is 1. The van der Waals surface area contributed by atoms with Crippen molar-refractivity contribution < 1.29 is 4.79 Å². The van der Waals surface area contributed by atoms with Crippen LogP contribution in [0.3, 0.4) is 0 Å². The van der Waals surface area contributed by atoms with Gasteiger partial charge in [0.05, 0.1) is 17.4 Å². The van der Waals surface area contributed by atoms with E-state index in [1.54, 1.807) is 18.6 Å². The van der Waals surface area contributed by atoms with Crippen LogP contribution in [0.25, 0.3) is 22.2 Å². The third kappa shape index (κ3) is 3.92. The first-order valence-corrected chi connectivity index (χ1v) is 10.8. The monoisotopic (exact) mass is 427 g/mol. The predicted molar refractivity (Wildman–Crippen MR) is 126 cm³/mol. The summed E-state index contributed by atoms with van der Waals surface area (Å²) in [5, 5.41) is 10.9. The summed E-state index contributed by atoms with van der Waals surface area (Å²) in [5.74, 6) is 0.262. The van der Waals surface area contributed by atoms with Gasteiger partial charge in [-0.25, -0.2) is 0 Å². The topological polar surface area (TPSA) is 113 Å². The van der Waals surface area contributed by atoms with Crippen molar-refractivity contribution in [3.05, 3.63) is 66.1 Å². The molecule has 32 heavy (non-hydrogen) atoms. The zero-order valence-corrected chi connectivity index (χ0v) is 17.9. The van der Waals surface area contributed by atoms with E-state index in [4.69, 9.17) is 5.73 Å². The molecule has 1 amide bonds. The molecule has 8 heteroatoms. The van der Waals surface area contributed by atoms with Gasteiger partial charge < -0.3 is 16.0 Å². The Hall–Kier alpha value is -3.78. The van der Waals surface area contributed by atoms with Crippen molar-refractivity contribution in [3.63, 3.8) is 0 Å². The molecule has 8 nitrogen and oxygen atoms in total. The van der Waals surface area contributed by atoms with E-state index < -0.39 is 0 Å². The fourth-order valence-electron chi connectivity index (χ4n) is 4.14. The Bertz CT molecular complexity index is 1270. The maximum Gasteiger partial charge on any atom is 0.256 e. The van der Waals surface area contributed by atoms with Crippen molar-refractivity contribution in [1.82, 2.24) is 20.2 Å². The van der Waals surface area contributed by atoms with E-state index in [1.165, 1.54) is 0 Å². The normalized spacial score (nSPS) is 16.3. The Morgan fingerprint density at radius 3 is 2.84 bits per heavy atom. The lowest BCUT2D eigenvalue weighted by molar-refractivity contribution is 0.102. The molecule has 0 radical (unpaired) electrons. The molecule has 0 saturated carbocycles. The number of anilines is 2. The summed E-state index contributed by atoms with van der Waals surface area (Å²) in [6.45, 7) is 3.85. The van der Waals surface area contributed by atoms with Gasteiger partial charge in [-0.05, 0) is 61.7 Å². The molecule has 0 spiro atoms. The number of pyridine rings is 2. The molecule has 4 N–H and O–H groups in total. The van der Waals surface area contributed by atoms with Crippen LogP contribution in [-0.2, 0) is 0 Å². The molecule has 3 aromatic heterocycles. The second-order valence-electron chi connectivity index (χ2n) is 8.23. The zero-order valence-electron chi connectivity index (χ0n) is 17.9. The van der Waals surface area contributed by atoms with Gasteiger partial charge in [0.25, 0.3) is 5.91 Å². The lowest BCUT2D eigenvalue weighted by atomic mass is 10.1. The van der Waals surface area contributed by atoms with Crippen LogP contribution in [0.2, 0.25) is 0 Å².